The van der Waals surface area contributed by atoms with Gasteiger partial charge in [-0.15, -0.1) is 0 Å². The summed E-state index contributed by atoms with van der Waals surface area (Å²) < 4.78 is 4.39. The lowest BCUT2D eigenvalue weighted by molar-refractivity contribution is -0.127. The highest BCUT2D eigenvalue weighted by atomic mass is 16.5. The van der Waals surface area contributed by atoms with Gasteiger partial charge < -0.3 is 4.74 Å². The molecule has 0 aliphatic carbocycles. The van der Waals surface area contributed by atoms with E-state index < -0.39 is 0 Å². The molecule has 0 heterocycles. The van der Waals surface area contributed by atoms with Crippen molar-refractivity contribution in [2.24, 2.45) is 0 Å². The van der Waals surface area contributed by atoms with Crippen molar-refractivity contribution < 1.29 is 9.53 Å². The van der Waals surface area contributed by atoms with Crippen molar-refractivity contribution in [3.05, 3.63) is 11.6 Å². The van der Waals surface area contributed by atoms with Crippen LogP contribution in [0.25, 0.3) is 0 Å². The second kappa shape index (κ2) is 4.37. The van der Waals surface area contributed by atoms with Crippen molar-refractivity contribution in [1.29, 1.82) is 0 Å². The van der Waals surface area contributed by atoms with Crippen LogP contribution in [0.15, 0.2) is 11.6 Å². The van der Waals surface area contributed by atoms with Gasteiger partial charge in [-0.2, -0.15) is 0 Å². The number of allylic oxidation sites excluding steroid dienone is 1. The zero-order valence-corrected chi connectivity index (χ0v) is 5.18. The maximum absolute atomic E-state index is 9.53. The number of rotatable bonds is 3. The van der Waals surface area contributed by atoms with E-state index in [1.807, 2.05) is 19.9 Å². The number of carbonyl (C=O) groups is 1. The molecule has 0 aromatic rings. The molecule has 0 atom stereocenters. The van der Waals surface area contributed by atoms with Gasteiger partial charge in [0.25, 0.3) is 6.47 Å². The minimum absolute atomic E-state index is 0.395. The van der Waals surface area contributed by atoms with Gasteiger partial charge in [0, 0.05) is 0 Å². The van der Waals surface area contributed by atoms with Crippen LogP contribution in [0.3, 0.4) is 0 Å². The van der Waals surface area contributed by atoms with E-state index in [0.29, 0.717) is 13.1 Å². The zero-order valence-electron chi connectivity index (χ0n) is 5.18. The van der Waals surface area contributed by atoms with E-state index in [1.165, 1.54) is 0 Å². The lowest BCUT2D eigenvalue weighted by Gasteiger charge is -1.89. The van der Waals surface area contributed by atoms with E-state index >= 15 is 0 Å². The van der Waals surface area contributed by atoms with Gasteiger partial charge in [-0.3, -0.25) is 4.79 Å². The molecular formula is C6H10O2. The van der Waals surface area contributed by atoms with Gasteiger partial charge in [0.1, 0.15) is 6.61 Å². The van der Waals surface area contributed by atoms with E-state index in [-0.39, 0.29) is 0 Å². The van der Waals surface area contributed by atoms with Crippen molar-refractivity contribution in [3.8, 4) is 0 Å². The summed E-state index contributed by atoms with van der Waals surface area (Å²) in [5, 5.41) is 0. The van der Waals surface area contributed by atoms with Gasteiger partial charge in [-0.1, -0.05) is 5.57 Å². The molecule has 0 saturated carbocycles. The first-order chi connectivity index (χ1) is 3.77. The molecule has 46 valence electrons. The molecule has 0 spiro atoms. The molecule has 0 N–H and O–H groups in total. The molecule has 0 radical (unpaired) electrons. The monoisotopic (exact) mass is 114 g/mol. The lowest BCUT2D eigenvalue weighted by Crippen LogP contribution is -1.85. The molecule has 0 aliphatic rings. The number of ether oxygens (including phenoxy) is 1. The average molecular weight is 114 g/mol. The molecule has 0 bridgehead atoms. The SMILES string of the molecule is CC(C)=CCOC=O. The van der Waals surface area contributed by atoms with Crippen LogP contribution in [-0.4, -0.2) is 13.1 Å². The summed E-state index contributed by atoms with van der Waals surface area (Å²) in [6.07, 6.45) is 1.84. The van der Waals surface area contributed by atoms with Gasteiger partial charge in [0.15, 0.2) is 0 Å². The van der Waals surface area contributed by atoms with E-state index in [1.54, 1.807) is 0 Å². The number of hydrogen-bond acceptors (Lipinski definition) is 2. The summed E-state index contributed by atoms with van der Waals surface area (Å²) in [5.74, 6) is 0. The van der Waals surface area contributed by atoms with Gasteiger partial charge in [0.2, 0.25) is 0 Å². The molecule has 0 aliphatic heterocycles. The smallest absolute Gasteiger partial charge is 0.293 e. The third-order valence-corrected chi connectivity index (χ3v) is 0.656. The highest BCUT2D eigenvalue weighted by Gasteiger charge is 1.75. The first-order valence-electron chi connectivity index (χ1n) is 2.46. The zero-order chi connectivity index (χ0) is 6.41. The van der Waals surface area contributed by atoms with Gasteiger partial charge >= 0.3 is 0 Å². The molecule has 0 aromatic carbocycles. The highest BCUT2D eigenvalue weighted by molar-refractivity contribution is 5.37. The van der Waals surface area contributed by atoms with E-state index in [4.69, 9.17) is 0 Å². The molecular weight excluding hydrogens is 104 g/mol. The fourth-order valence-electron chi connectivity index (χ4n) is 0.254. The van der Waals surface area contributed by atoms with Crippen molar-refractivity contribution >= 4 is 6.47 Å². The Morgan fingerprint density at radius 3 is 2.62 bits per heavy atom. The second-order valence-electron chi connectivity index (χ2n) is 1.71. The first kappa shape index (κ1) is 7.21. The van der Waals surface area contributed by atoms with Crippen LogP contribution in [0.4, 0.5) is 0 Å². The molecule has 0 unspecified atom stereocenters. The van der Waals surface area contributed by atoms with Gasteiger partial charge in [0.05, 0.1) is 0 Å². The topological polar surface area (TPSA) is 26.3 Å². The highest BCUT2D eigenvalue weighted by Crippen LogP contribution is 1.86. The minimum atomic E-state index is 0.395. The fraction of sp³-hybridized carbons (Fsp3) is 0.500. The summed E-state index contributed by atoms with van der Waals surface area (Å²) in [7, 11) is 0. The maximum atomic E-state index is 9.53. The Morgan fingerprint density at radius 1 is 1.62 bits per heavy atom. The lowest BCUT2D eigenvalue weighted by atomic mass is 10.3. The molecule has 0 rings (SSSR count). The van der Waals surface area contributed by atoms with Gasteiger partial charge in [-0.05, 0) is 19.9 Å². The van der Waals surface area contributed by atoms with Crippen molar-refractivity contribution in [2.45, 2.75) is 13.8 Å². The quantitative estimate of drug-likeness (QED) is 0.312. The van der Waals surface area contributed by atoms with Crippen LogP contribution in [0.1, 0.15) is 13.8 Å². The molecule has 0 saturated heterocycles. The minimum Gasteiger partial charge on any atom is -0.464 e. The largest absolute Gasteiger partial charge is 0.464 e. The van der Waals surface area contributed by atoms with Crippen LogP contribution in [0.5, 0.6) is 0 Å². The maximum Gasteiger partial charge on any atom is 0.293 e. The molecule has 2 heteroatoms. The molecule has 2 nitrogen and oxygen atoms in total. The Labute approximate surface area is 49.1 Å². The number of carbonyl (C=O) groups excluding carboxylic acids is 1. The van der Waals surface area contributed by atoms with Crippen LogP contribution < -0.4 is 0 Å². The Bertz CT molecular complexity index is 90.7. The Hall–Kier alpha value is -0.790. The van der Waals surface area contributed by atoms with Crippen LogP contribution >= 0.6 is 0 Å². The summed E-state index contributed by atoms with van der Waals surface area (Å²) in [6, 6.07) is 0. The molecule has 8 heavy (non-hydrogen) atoms. The third kappa shape index (κ3) is 5.21. The Balaban J connectivity index is 3.15. The average Bonchev–Trinajstić information content (AvgIpc) is 1.66. The summed E-state index contributed by atoms with van der Waals surface area (Å²) in [6.45, 7) is 4.74. The van der Waals surface area contributed by atoms with E-state index in [0.717, 1.165) is 5.57 Å². The Morgan fingerprint density at radius 2 is 2.25 bits per heavy atom. The Kier molecular flexibility index (Phi) is 3.94. The first-order valence-corrected chi connectivity index (χ1v) is 2.46. The van der Waals surface area contributed by atoms with Gasteiger partial charge in [-0.25, -0.2) is 0 Å². The number of hydrogen-bond donors (Lipinski definition) is 0. The summed E-state index contributed by atoms with van der Waals surface area (Å²) >= 11 is 0. The van der Waals surface area contributed by atoms with E-state index in [9.17, 15) is 4.79 Å². The fourth-order valence-corrected chi connectivity index (χ4v) is 0.254. The van der Waals surface area contributed by atoms with Crippen LogP contribution in [0, 0.1) is 0 Å². The predicted molar refractivity (Wildman–Crippen MR) is 31.4 cm³/mol. The van der Waals surface area contributed by atoms with Crippen molar-refractivity contribution in [1.82, 2.24) is 0 Å². The normalized spacial score (nSPS) is 7.75. The standard InChI is InChI=1S/C6H10O2/c1-6(2)3-4-8-5-7/h3,5H,4H2,1-2H3. The second-order valence-corrected chi connectivity index (χ2v) is 1.71. The van der Waals surface area contributed by atoms with Crippen molar-refractivity contribution in [2.75, 3.05) is 6.61 Å². The summed E-state index contributed by atoms with van der Waals surface area (Å²) in [4.78, 5) is 9.53. The molecule has 0 fully saturated rings. The third-order valence-electron chi connectivity index (χ3n) is 0.656. The molecule has 0 aromatic heterocycles. The van der Waals surface area contributed by atoms with Crippen LogP contribution in [0.2, 0.25) is 0 Å². The summed E-state index contributed by atoms with van der Waals surface area (Å²) in [5.41, 5.74) is 1.16. The molecule has 0 amide bonds. The van der Waals surface area contributed by atoms with E-state index in [2.05, 4.69) is 4.74 Å². The predicted octanol–water partition coefficient (Wildman–Crippen LogP) is 1.13. The van der Waals surface area contributed by atoms with Crippen molar-refractivity contribution in [3.63, 3.8) is 0 Å². The van der Waals surface area contributed by atoms with Crippen LogP contribution in [-0.2, 0) is 9.53 Å².